The third-order valence-corrected chi connectivity index (χ3v) is 5.05. The molecule has 0 saturated heterocycles. The molecular weight excluding hydrogens is 447 g/mol. The van der Waals surface area contributed by atoms with Gasteiger partial charge in [0, 0.05) is 43.5 Å². The molecule has 2 N–H and O–H groups in total. The Kier molecular flexibility index (Phi) is 8.70. The van der Waals surface area contributed by atoms with Gasteiger partial charge in [-0.1, -0.05) is 6.07 Å². The van der Waals surface area contributed by atoms with E-state index in [4.69, 9.17) is 0 Å². The number of halogens is 1. The van der Waals surface area contributed by atoms with E-state index in [0.717, 1.165) is 29.7 Å². The monoisotopic (exact) mass is 474 g/mol. The minimum atomic E-state index is 0. The second kappa shape index (κ2) is 10.0. The molecule has 2 rings (SSSR count). The van der Waals surface area contributed by atoms with Crippen LogP contribution in [0.15, 0.2) is 35.7 Å². The number of hydrogen-bond acceptors (Lipinski definition) is 4. The number of pyridine rings is 1. The van der Waals surface area contributed by atoms with Crippen LogP contribution in [-0.2, 0) is 6.54 Å². The molecule has 0 spiro atoms. The van der Waals surface area contributed by atoms with E-state index < -0.39 is 0 Å². The average molecular weight is 474 g/mol. The Morgan fingerprint density at radius 2 is 2.04 bits per heavy atom. The van der Waals surface area contributed by atoms with Crippen LogP contribution in [0.1, 0.15) is 25.2 Å². The molecule has 0 bridgehead atoms. The zero-order chi connectivity index (χ0) is 17.6. The molecule has 0 saturated carbocycles. The largest absolute Gasteiger partial charge is 0.355 e. The van der Waals surface area contributed by atoms with Crippen LogP contribution in [0.3, 0.4) is 0 Å². The molecule has 0 aliphatic rings. The molecule has 0 atom stereocenters. The summed E-state index contributed by atoms with van der Waals surface area (Å²) >= 11 is 1.83. The second-order valence-corrected chi connectivity index (χ2v) is 7.63. The van der Waals surface area contributed by atoms with Gasteiger partial charge in [0.2, 0.25) is 0 Å². The van der Waals surface area contributed by atoms with Gasteiger partial charge in [0.15, 0.2) is 5.96 Å². The van der Waals surface area contributed by atoms with E-state index in [0.29, 0.717) is 6.54 Å². The van der Waals surface area contributed by atoms with Crippen molar-refractivity contribution in [1.82, 2.24) is 25.2 Å². The van der Waals surface area contributed by atoms with Crippen molar-refractivity contribution in [2.24, 2.45) is 4.99 Å². The lowest BCUT2D eigenvalue weighted by Crippen LogP contribution is -2.43. The molecule has 6 nitrogen and oxygen atoms in total. The van der Waals surface area contributed by atoms with Gasteiger partial charge in [0.1, 0.15) is 11.6 Å². The molecule has 2 aromatic rings. The molecule has 0 radical (unpaired) electrons. The van der Waals surface area contributed by atoms with E-state index >= 15 is 0 Å². The van der Waals surface area contributed by atoms with Crippen LogP contribution in [0.2, 0.25) is 0 Å². The van der Waals surface area contributed by atoms with Crippen LogP contribution in [0.4, 0.5) is 0 Å². The number of imidazole rings is 1. The van der Waals surface area contributed by atoms with Gasteiger partial charge in [-0.05, 0) is 38.7 Å². The highest BCUT2D eigenvalue weighted by Gasteiger charge is 2.16. The van der Waals surface area contributed by atoms with Gasteiger partial charge in [0.05, 0.1) is 0 Å². The molecule has 0 unspecified atom stereocenters. The molecular formula is C17H27IN6S. The number of aliphatic imine (C=N–C) groups is 1. The van der Waals surface area contributed by atoms with Crippen molar-refractivity contribution in [1.29, 1.82) is 0 Å². The molecule has 0 aliphatic heterocycles. The Morgan fingerprint density at radius 1 is 1.28 bits per heavy atom. The summed E-state index contributed by atoms with van der Waals surface area (Å²) in [4.78, 5) is 13.0. The van der Waals surface area contributed by atoms with E-state index in [1.54, 1.807) is 13.2 Å². The van der Waals surface area contributed by atoms with Gasteiger partial charge in [-0.25, -0.2) is 9.97 Å². The third kappa shape index (κ3) is 6.50. The number of thioether (sulfide) groups is 1. The lowest BCUT2D eigenvalue weighted by atomic mass is 10.2. The normalized spacial score (nSPS) is 11.8. The zero-order valence-corrected chi connectivity index (χ0v) is 18.6. The Bertz CT molecular complexity index is 681. The van der Waals surface area contributed by atoms with Gasteiger partial charge in [-0.3, -0.25) is 9.56 Å². The molecule has 2 heterocycles. The van der Waals surface area contributed by atoms with Crippen LogP contribution >= 0.6 is 35.7 Å². The van der Waals surface area contributed by atoms with E-state index in [-0.39, 0.29) is 28.7 Å². The second-order valence-electron chi connectivity index (χ2n) is 6.11. The number of nitrogens with zero attached hydrogens (tertiary/aromatic N) is 4. The maximum Gasteiger partial charge on any atom is 0.191 e. The van der Waals surface area contributed by atoms with E-state index in [9.17, 15) is 0 Å². The summed E-state index contributed by atoms with van der Waals surface area (Å²) in [6.45, 7) is 7.90. The van der Waals surface area contributed by atoms with E-state index in [1.807, 2.05) is 41.7 Å². The van der Waals surface area contributed by atoms with Crippen molar-refractivity contribution in [3.63, 3.8) is 0 Å². The highest BCUT2D eigenvalue weighted by molar-refractivity contribution is 14.0. The van der Waals surface area contributed by atoms with Crippen molar-refractivity contribution in [3.05, 3.63) is 42.1 Å². The molecule has 2 aromatic heterocycles. The molecule has 0 aliphatic carbocycles. The van der Waals surface area contributed by atoms with E-state index in [2.05, 4.69) is 51.8 Å². The first kappa shape index (κ1) is 21.8. The Morgan fingerprint density at radius 3 is 2.56 bits per heavy atom. The number of rotatable bonds is 6. The molecule has 138 valence electrons. The maximum absolute atomic E-state index is 4.50. The molecule has 0 fully saturated rings. The maximum atomic E-state index is 4.50. The van der Waals surface area contributed by atoms with E-state index in [1.165, 1.54) is 0 Å². The summed E-state index contributed by atoms with van der Waals surface area (Å²) in [5, 5.41) is 6.68. The number of nitrogens with one attached hydrogen (secondary N) is 2. The smallest absolute Gasteiger partial charge is 0.191 e. The summed E-state index contributed by atoms with van der Waals surface area (Å²) in [6.07, 6.45) is 7.68. The topological polar surface area (TPSA) is 67.1 Å². The molecule has 0 aromatic carbocycles. The van der Waals surface area contributed by atoms with Crippen LogP contribution in [-0.4, -0.2) is 45.1 Å². The van der Waals surface area contributed by atoms with Gasteiger partial charge >= 0.3 is 0 Å². The highest BCUT2D eigenvalue weighted by Crippen LogP contribution is 2.19. The fourth-order valence-electron chi connectivity index (χ4n) is 2.06. The number of guanidine groups is 1. The van der Waals surface area contributed by atoms with Crippen LogP contribution in [0, 0.1) is 6.92 Å². The summed E-state index contributed by atoms with van der Waals surface area (Å²) in [7, 11) is 1.78. The van der Waals surface area contributed by atoms with Crippen LogP contribution < -0.4 is 10.6 Å². The summed E-state index contributed by atoms with van der Waals surface area (Å²) in [5.41, 5.74) is 1.10. The molecule has 0 amide bonds. The molecule has 8 heteroatoms. The quantitative estimate of drug-likeness (QED) is 0.383. The minimum absolute atomic E-state index is 0. The fourth-order valence-corrected chi connectivity index (χ4v) is 2.28. The first-order chi connectivity index (χ1) is 11.4. The zero-order valence-electron chi connectivity index (χ0n) is 15.4. The number of aromatic nitrogens is 3. The summed E-state index contributed by atoms with van der Waals surface area (Å²) < 4.78 is 2.13. The number of aryl methyl sites for hydroxylation is 1. The lowest BCUT2D eigenvalue weighted by molar-refractivity contribution is 0.664. The van der Waals surface area contributed by atoms with Crippen molar-refractivity contribution in [2.75, 3.05) is 19.8 Å². The van der Waals surface area contributed by atoms with Crippen molar-refractivity contribution in [2.45, 2.75) is 32.1 Å². The third-order valence-electron chi connectivity index (χ3n) is 3.80. The van der Waals surface area contributed by atoms with Crippen LogP contribution in [0.5, 0.6) is 0 Å². The summed E-state index contributed by atoms with van der Waals surface area (Å²) in [5.74, 6) is 2.60. The fraction of sp³-hybridized carbons (Fsp3) is 0.471. The average Bonchev–Trinajstić information content (AvgIpc) is 3.01. The summed E-state index contributed by atoms with van der Waals surface area (Å²) in [6, 6.07) is 4.06. The minimum Gasteiger partial charge on any atom is -0.355 e. The molecule has 25 heavy (non-hydrogen) atoms. The first-order valence-electron chi connectivity index (χ1n) is 7.90. The van der Waals surface area contributed by atoms with Gasteiger partial charge < -0.3 is 10.6 Å². The number of hydrogen-bond donors (Lipinski definition) is 2. The van der Waals surface area contributed by atoms with Gasteiger partial charge in [-0.2, -0.15) is 11.8 Å². The predicted octanol–water partition coefficient (Wildman–Crippen LogP) is 3.00. The lowest BCUT2D eigenvalue weighted by Gasteiger charge is -2.23. The van der Waals surface area contributed by atoms with Crippen LogP contribution in [0.25, 0.3) is 5.82 Å². The Labute approximate surface area is 171 Å². The Balaban J connectivity index is 0.00000312. The highest BCUT2D eigenvalue weighted by atomic mass is 127. The van der Waals surface area contributed by atoms with Crippen molar-refractivity contribution >= 4 is 41.7 Å². The first-order valence-corrected chi connectivity index (χ1v) is 9.12. The van der Waals surface area contributed by atoms with Gasteiger partial charge in [0.25, 0.3) is 0 Å². The Hall–Kier alpha value is -1.29. The van der Waals surface area contributed by atoms with Gasteiger partial charge in [-0.15, -0.1) is 24.0 Å². The van der Waals surface area contributed by atoms with Crippen molar-refractivity contribution in [3.8, 4) is 5.82 Å². The standard InChI is InChI=1S/C17H26N6S.HI/c1-13-19-8-9-23(13)15-7-6-14(10-20-15)11-21-16(18-4)22-12-17(2,3)24-5;/h6-10H,11-12H2,1-5H3,(H2,18,21,22);1H. The van der Waals surface area contributed by atoms with Crippen molar-refractivity contribution < 1.29 is 0 Å². The SMILES string of the molecule is CN=C(NCc1ccc(-n2ccnc2C)nc1)NCC(C)(C)SC.I. The predicted molar refractivity (Wildman–Crippen MR) is 117 cm³/mol.